The zero-order valence-electron chi connectivity index (χ0n) is 16.6. The number of aryl methyl sites for hydroxylation is 1. The van der Waals surface area contributed by atoms with E-state index in [1.54, 1.807) is 19.5 Å². The number of hydrogen-bond donors (Lipinski definition) is 1. The molecule has 0 saturated carbocycles. The summed E-state index contributed by atoms with van der Waals surface area (Å²) < 4.78 is 16.4. The van der Waals surface area contributed by atoms with E-state index in [-0.39, 0.29) is 24.8 Å². The summed E-state index contributed by atoms with van der Waals surface area (Å²) in [5.41, 5.74) is 1.66. The molecule has 0 atom stereocenters. The molecule has 0 saturated heterocycles. The second kappa shape index (κ2) is 8.60. The SMILES string of the molecule is COc1ccc2ccc(OCc3nc(C(=O)NCc4cnc(C)cn4)co3)cc2c1. The Hall–Kier alpha value is -3.94. The van der Waals surface area contributed by atoms with E-state index in [1.165, 1.54) is 6.26 Å². The van der Waals surface area contributed by atoms with Crippen LogP contribution >= 0.6 is 0 Å². The van der Waals surface area contributed by atoms with Gasteiger partial charge in [0.1, 0.15) is 17.8 Å². The zero-order chi connectivity index (χ0) is 20.9. The van der Waals surface area contributed by atoms with Crippen LogP contribution in [0.3, 0.4) is 0 Å². The quantitative estimate of drug-likeness (QED) is 0.504. The number of fused-ring (bicyclic) bond motifs is 1. The van der Waals surface area contributed by atoms with E-state index in [1.807, 2.05) is 43.3 Å². The van der Waals surface area contributed by atoms with Crippen molar-refractivity contribution in [1.29, 1.82) is 0 Å². The van der Waals surface area contributed by atoms with Crippen LogP contribution in [0.5, 0.6) is 11.5 Å². The molecule has 0 bridgehead atoms. The first-order valence-electron chi connectivity index (χ1n) is 9.31. The number of aromatic nitrogens is 3. The van der Waals surface area contributed by atoms with Crippen LogP contribution in [0, 0.1) is 6.92 Å². The Balaban J connectivity index is 1.35. The normalized spacial score (nSPS) is 10.7. The van der Waals surface area contributed by atoms with Crippen molar-refractivity contribution in [2.24, 2.45) is 0 Å². The lowest BCUT2D eigenvalue weighted by molar-refractivity contribution is 0.0945. The van der Waals surface area contributed by atoms with Gasteiger partial charge in [-0.2, -0.15) is 0 Å². The van der Waals surface area contributed by atoms with Crippen molar-refractivity contribution in [3.8, 4) is 11.5 Å². The number of rotatable bonds is 7. The Kier molecular flexibility index (Phi) is 5.56. The maximum atomic E-state index is 12.2. The van der Waals surface area contributed by atoms with E-state index in [4.69, 9.17) is 13.9 Å². The average Bonchev–Trinajstić information content (AvgIpc) is 3.25. The second-order valence-electron chi connectivity index (χ2n) is 6.62. The summed E-state index contributed by atoms with van der Waals surface area (Å²) in [5, 5.41) is 4.81. The molecule has 1 N–H and O–H groups in total. The number of amides is 1. The first kappa shape index (κ1) is 19.4. The number of hydrogen-bond acceptors (Lipinski definition) is 7. The van der Waals surface area contributed by atoms with Crippen molar-refractivity contribution < 1.29 is 18.7 Å². The summed E-state index contributed by atoms with van der Waals surface area (Å²) in [5.74, 6) is 1.39. The standard InChI is InChI=1S/C22H20N4O4/c1-14-9-24-17(10-23-14)11-25-22(27)20-12-30-21(26-20)13-29-19-6-4-15-3-5-18(28-2)7-16(15)8-19/h3-10,12H,11,13H2,1-2H3,(H,25,27). The topological polar surface area (TPSA) is 99.4 Å². The minimum atomic E-state index is -0.356. The predicted octanol–water partition coefficient (Wildman–Crippen LogP) is 3.44. The van der Waals surface area contributed by atoms with Crippen LogP contribution in [0.1, 0.15) is 27.8 Å². The molecule has 0 aliphatic carbocycles. The van der Waals surface area contributed by atoms with Gasteiger partial charge in [-0.05, 0) is 42.0 Å². The summed E-state index contributed by atoms with van der Waals surface area (Å²) in [4.78, 5) is 24.8. The molecule has 4 aromatic rings. The van der Waals surface area contributed by atoms with Gasteiger partial charge >= 0.3 is 0 Å². The fourth-order valence-electron chi connectivity index (χ4n) is 2.82. The molecular weight excluding hydrogens is 384 g/mol. The maximum absolute atomic E-state index is 12.2. The molecule has 0 radical (unpaired) electrons. The van der Waals surface area contributed by atoms with E-state index < -0.39 is 0 Å². The molecule has 0 spiro atoms. The number of nitrogens with one attached hydrogen (secondary N) is 1. The number of benzene rings is 2. The van der Waals surface area contributed by atoms with Gasteiger partial charge in [0.2, 0.25) is 5.89 Å². The Morgan fingerprint density at radius 3 is 2.63 bits per heavy atom. The van der Waals surface area contributed by atoms with Crippen LogP contribution in [0.2, 0.25) is 0 Å². The van der Waals surface area contributed by atoms with Crippen molar-refractivity contribution in [3.05, 3.63) is 78.0 Å². The molecule has 30 heavy (non-hydrogen) atoms. The van der Waals surface area contributed by atoms with Crippen LogP contribution in [-0.4, -0.2) is 28.0 Å². The first-order chi connectivity index (χ1) is 14.6. The Labute approximate surface area is 172 Å². The lowest BCUT2D eigenvalue weighted by atomic mass is 10.1. The summed E-state index contributed by atoms with van der Waals surface area (Å²) in [6, 6.07) is 11.6. The van der Waals surface area contributed by atoms with E-state index >= 15 is 0 Å². The molecule has 1 amide bonds. The lowest BCUT2D eigenvalue weighted by Gasteiger charge is -2.06. The van der Waals surface area contributed by atoms with E-state index in [9.17, 15) is 4.79 Å². The number of methoxy groups -OCH3 is 1. The Bertz CT molecular complexity index is 1170. The fraction of sp³-hybridized carbons (Fsp3) is 0.182. The molecule has 0 fully saturated rings. The second-order valence-corrected chi connectivity index (χ2v) is 6.62. The highest BCUT2D eigenvalue weighted by Crippen LogP contribution is 2.25. The summed E-state index contributed by atoms with van der Waals surface area (Å²) in [6.45, 7) is 2.21. The molecule has 0 aliphatic rings. The monoisotopic (exact) mass is 404 g/mol. The van der Waals surface area contributed by atoms with Crippen molar-refractivity contribution in [1.82, 2.24) is 20.3 Å². The smallest absolute Gasteiger partial charge is 0.273 e. The predicted molar refractivity (Wildman–Crippen MR) is 109 cm³/mol. The highest BCUT2D eigenvalue weighted by Gasteiger charge is 2.13. The van der Waals surface area contributed by atoms with E-state index in [0.29, 0.717) is 17.3 Å². The Morgan fingerprint density at radius 2 is 1.87 bits per heavy atom. The largest absolute Gasteiger partial charge is 0.497 e. The van der Waals surface area contributed by atoms with Crippen LogP contribution in [-0.2, 0) is 13.2 Å². The maximum Gasteiger partial charge on any atom is 0.273 e. The number of oxazole rings is 1. The first-order valence-corrected chi connectivity index (χ1v) is 9.31. The third kappa shape index (κ3) is 4.54. The van der Waals surface area contributed by atoms with Gasteiger partial charge in [-0.25, -0.2) is 4.98 Å². The van der Waals surface area contributed by atoms with Crippen molar-refractivity contribution in [2.75, 3.05) is 7.11 Å². The van der Waals surface area contributed by atoms with Crippen LogP contribution in [0.4, 0.5) is 0 Å². The highest BCUT2D eigenvalue weighted by atomic mass is 16.5. The van der Waals surface area contributed by atoms with Crippen LogP contribution in [0.25, 0.3) is 10.8 Å². The molecule has 0 aliphatic heterocycles. The van der Waals surface area contributed by atoms with Gasteiger partial charge in [-0.3, -0.25) is 14.8 Å². The molecule has 2 aromatic carbocycles. The summed E-state index contributed by atoms with van der Waals surface area (Å²) >= 11 is 0. The van der Waals surface area contributed by atoms with Crippen LogP contribution in [0.15, 0.2) is 59.5 Å². The van der Waals surface area contributed by atoms with Gasteiger partial charge in [0.05, 0.1) is 31.2 Å². The van der Waals surface area contributed by atoms with Gasteiger partial charge in [0, 0.05) is 6.20 Å². The lowest BCUT2D eigenvalue weighted by Crippen LogP contribution is -2.23. The molecule has 4 rings (SSSR count). The third-order valence-corrected chi connectivity index (χ3v) is 4.43. The zero-order valence-corrected chi connectivity index (χ0v) is 16.6. The summed E-state index contributed by atoms with van der Waals surface area (Å²) in [6.07, 6.45) is 4.58. The van der Waals surface area contributed by atoms with Gasteiger partial charge in [-0.1, -0.05) is 12.1 Å². The molecular formula is C22H20N4O4. The molecule has 2 aromatic heterocycles. The fourth-order valence-corrected chi connectivity index (χ4v) is 2.82. The minimum Gasteiger partial charge on any atom is -0.497 e. The molecule has 2 heterocycles. The van der Waals surface area contributed by atoms with Crippen molar-refractivity contribution in [2.45, 2.75) is 20.1 Å². The van der Waals surface area contributed by atoms with Gasteiger partial charge < -0.3 is 19.2 Å². The van der Waals surface area contributed by atoms with Gasteiger partial charge in [-0.15, -0.1) is 0 Å². The number of carbonyl (C=O) groups excluding carboxylic acids is 1. The summed E-state index contributed by atoms with van der Waals surface area (Å²) in [7, 11) is 1.63. The van der Waals surface area contributed by atoms with Crippen LogP contribution < -0.4 is 14.8 Å². The number of ether oxygens (including phenoxy) is 2. The minimum absolute atomic E-state index is 0.103. The third-order valence-electron chi connectivity index (χ3n) is 4.43. The molecule has 0 unspecified atom stereocenters. The molecule has 8 nitrogen and oxygen atoms in total. The van der Waals surface area contributed by atoms with Crippen molar-refractivity contribution in [3.63, 3.8) is 0 Å². The average molecular weight is 404 g/mol. The number of nitrogens with zero attached hydrogens (tertiary/aromatic N) is 3. The number of carbonyl (C=O) groups is 1. The molecule has 152 valence electrons. The van der Waals surface area contributed by atoms with Crippen molar-refractivity contribution >= 4 is 16.7 Å². The molecule has 8 heteroatoms. The Morgan fingerprint density at radius 1 is 1.07 bits per heavy atom. The van der Waals surface area contributed by atoms with E-state index in [2.05, 4.69) is 20.3 Å². The van der Waals surface area contributed by atoms with Gasteiger partial charge in [0.15, 0.2) is 12.3 Å². The highest BCUT2D eigenvalue weighted by molar-refractivity contribution is 5.91. The van der Waals surface area contributed by atoms with E-state index in [0.717, 1.165) is 22.2 Å². The van der Waals surface area contributed by atoms with Gasteiger partial charge in [0.25, 0.3) is 5.91 Å².